The van der Waals surface area contributed by atoms with Crippen molar-refractivity contribution in [1.82, 2.24) is 0 Å². The van der Waals surface area contributed by atoms with Gasteiger partial charge in [0.05, 0.1) is 20.5 Å². The molecule has 0 spiro atoms. The van der Waals surface area contributed by atoms with E-state index in [1.165, 1.54) is 7.11 Å². The largest absolute Gasteiger partial charge is 0.497 e. The van der Waals surface area contributed by atoms with Crippen LogP contribution in [-0.4, -0.2) is 31.7 Å². The van der Waals surface area contributed by atoms with Gasteiger partial charge in [0.1, 0.15) is 17.4 Å². The fraction of sp³-hybridized carbons (Fsp3) is 0.348. The second-order valence-electron chi connectivity index (χ2n) is 7.41. The van der Waals surface area contributed by atoms with Crippen molar-refractivity contribution in [2.75, 3.05) is 14.2 Å². The molecule has 2 aliphatic rings. The van der Waals surface area contributed by atoms with Crippen LogP contribution in [0.15, 0.2) is 63.3 Å². The van der Waals surface area contributed by atoms with E-state index in [2.05, 4.69) is 4.99 Å². The van der Waals surface area contributed by atoms with E-state index in [4.69, 9.17) is 13.9 Å². The van der Waals surface area contributed by atoms with Gasteiger partial charge in [0.2, 0.25) is 0 Å². The highest BCUT2D eigenvalue weighted by atomic mass is 16.5. The number of esters is 1. The number of ketones is 1. The van der Waals surface area contributed by atoms with Crippen LogP contribution in [0.4, 0.5) is 0 Å². The zero-order chi connectivity index (χ0) is 20.5. The molecule has 6 heteroatoms. The molecule has 2 heterocycles. The van der Waals surface area contributed by atoms with Crippen LogP contribution in [0.1, 0.15) is 42.9 Å². The Hall–Kier alpha value is -3.15. The van der Waals surface area contributed by atoms with Gasteiger partial charge in [-0.3, -0.25) is 14.6 Å². The van der Waals surface area contributed by atoms with Crippen molar-refractivity contribution < 1.29 is 23.5 Å². The molecule has 0 fully saturated rings. The van der Waals surface area contributed by atoms with Gasteiger partial charge < -0.3 is 13.9 Å². The minimum atomic E-state index is -0.644. The molecule has 1 aromatic carbocycles. The van der Waals surface area contributed by atoms with E-state index < -0.39 is 17.8 Å². The van der Waals surface area contributed by atoms with Crippen LogP contribution in [0.2, 0.25) is 0 Å². The van der Waals surface area contributed by atoms with Crippen LogP contribution in [0.5, 0.6) is 5.75 Å². The summed E-state index contributed by atoms with van der Waals surface area (Å²) in [5, 5.41) is 0. The Morgan fingerprint density at radius 2 is 2.00 bits per heavy atom. The highest BCUT2D eigenvalue weighted by Gasteiger charge is 2.45. The normalized spacial score (nSPS) is 24.0. The van der Waals surface area contributed by atoms with Crippen LogP contribution in [-0.2, 0) is 14.3 Å². The Kier molecular flexibility index (Phi) is 5.09. The maximum Gasteiger partial charge on any atom is 0.315 e. The van der Waals surface area contributed by atoms with Gasteiger partial charge in [-0.05, 0) is 36.8 Å². The molecule has 0 radical (unpaired) electrons. The van der Waals surface area contributed by atoms with Gasteiger partial charge in [0, 0.05) is 41.7 Å². The molecule has 150 valence electrons. The Bertz CT molecular complexity index is 1000. The quantitative estimate of drug-likeness (QED) is 0.733. The van der Waals surface area contributed by atoms with Crippen molar-refractivity contribution in [2.24, 2.45) is 10.9 Å². The van der Waals surface area contributed by atoms with Crippen molar-refractivity contribution in [2.45, 2.75) is 31.6 Å². The highest BCUT2D eigenvalue weighted by molar-refractivity contribution is 6.09. The van der Waals surface area contributed by atoms with E-state index in [0.29, 0.717) is 29.9 Å². The number of aliphatic imine (C=N–C) groups is 1. The number of ether oxygens (including phenoxy) is 2. The van der Waals surface area contributed by atoms with Crippen molar-refractivity contribution >= 4 is 17.5 Å². The van der Waals surface area contributed by atoms with Crippen LogP contribution in [0.3, 0.4) is 0 Å². The number of carbonyl (C=O) groups excluding carboxylic acids is 2. The number of allylic oxidation sites excluding steroid dienone is 2. The van der Waals surface area contributed by atoms with Crippen LogP contribution in [0.25, 0.3) is 0 Å². The molecule has 3 atom stereocenters. The Morgan fingerprint density at radius 1 is 1.17 bits per heavy atom. The van der Waals surface area contributed by atoms with Gasteiger partial charge in [0.15, 0.2) is 5.78 Å². The lowest BCUT2D eigenvalue weighted by molar-refractivity contribution is -0.143. The summed E-state index contributed by atoms with van der Waals surface area (Å²) in [5.74, 6) is -0.0911. The summed E-state index contributed by atoms with van der Waals surface area (Å²) in [7, 11) is 2.95. The molecule has 2 aromatic rings. The van der Waals surface area contributed by atoms with Crippen LogP contribution in [0, 0.1) is 5.92 Å². The summed E-state index contributed by atoms with van der Waals surface area (Å²) < 4.78 is 16.0. The Morgan fingerprint density at radius 3 is 2.69 bits per heavy atom. The fourth-order valence-electron chi connectivity index (χ4n) is 4.41. The average Bonchev–Trinajstić information content (AvgIpc) is 3.27. The van der Waals surface area contributed by atoms with E-state index in [0.717, 1.165) is 17.0 Å². The van der Waals surface area contributed by atoms with E-state index >= 15 is 0 Å². The van der Waals surface area contributed by atoms with E-state index in [-0.39, 0.29) is 11.7 Å². The zero-order valence-corrected chi connectivity index (χ0v) is 16.7. The molecular formula is C23H23NO5. The highest BCUT2D eigenvalue weighted by Crippen LogP contribution is 2.47. The predicted octanol–water partition coefficient (Wildman–Crippen LogP) is 4.04. The first-order valence-electron chi connectivity index (χ1n) is 9.60. The van der Waals surface area contributed by atoms with Gasteiger partial charge in [-0.1, -0.05) is 12.1 Å². The molecule has 29 heavy (non-hydrogen) atoms. The minimum Gasteiger partial charge on any atom is -0.497 e. The van der Waals surface area contributed by atoms with Crippen LogP contribution >= 0.6 is 0 Å². The summed E-state index contributed by atoms with van der Waals surface area (Å²) in [6, 6.07) is 11.2. The SMILES string of the molecule is COC(=O)C1C(C)=NC2=C(C(=O)C[C@@H](c3ccco3)C2)[C@H]1c1cccc(OC)c1. The lowest BCUT2D eigenvalue weighted by Crippen LogP contribution is -2.37. The first-order chi connectivity index (χ1) is 14.0. The number of methoxy groups -OCH3 is 2. The molecular weight excluding hydrogens is 370 g/mol. The third kappa shape index (κ3) is 3.39. The van der Waals surface area contributed by atoms with E-state index in [1.807, 2.05) is 43.3 Å². The predicted molar refractivity (Wildman–Crippen MR) is 107 cm³/mol. The standard InChI is InChI=1S/C23H23NO5/c1-13-20(23(26)28-3)21(14-6-4-7-16(10-14)27-2)22-17(24-13)11-15(12-18(22)25)19-8-5-9-29-19/h4-10,15,20-21H,11-12H2,1-3H3/t15-,20?,21-/m0/s1. The molecule has 1 unspecified atom stereocenters. The number of benzene rings is 1. The topological polar surface area (TPSA) is 78.1 Å². The number of nitrogens with zero attached hydrogens (tertiary/aromatic N) is 1. The number of Topliss-reactive ketones (excluding diaryl/α,β-unsaturated/α-hetero) is 1. The van der Waals surface area contributed by atoms with Crippen molar-refractivity contribution in [3.8, 4) is 5.75 Å². The first kappa shape index (κ1) is 19.2. The van der Waals surface area contributed by atoms with Crippen molar-refractivity contribution in [3.05, 3.63) is 65.3 Å². The molecule has 0 saturated carbocycles. The summed E-state index contributed by atoms with van der Waals surface area (Å²) in [4.78, 5) is 30.6. The van der Waals surface area contributed by atoms with E-state index in [9.17, 15) is 9.59 Å². The number of hydrogen-bond donors (Lipinski definition) is 0. The third-order valence-electron chi connectivity index (χ3n) is 5.74. The molecule has 0 N–H and O–H groups in total. The average molecular weight is 393 g/mol. The van der Waals surface area contributed by atoms with Gasteiger partial charge in [-0.25, -0.2) is 0 Å². The zero-order valence-electron chi connectivity index (χ0n) is 16.7. The smallest absolute Gasteiger partial charge is 0.315 e. The second kappa shape index (κ2) is 7.70. The van der Waals surface area contributed by atoms with Gasteiger partial charge in [0.25, 0.3) is 0 Å². The molecule has 0 amide bonds. The summed E-state index contributed by atoms with van der Waals surface area (Å²) in [6.45, 7) is 1.82. The molecule has 1 aliphatic heterocycles. The van der Waals surface area contributed by atoms with Crippen LogP contribution < -0.4 is 4.74 Å². The second-order valence-corrected chi connectivity index (χ2v) is 7.41. The maximum absolute atomic E-state index is 13.3. The summed E-state index contributed by atoms with van der Waals surface area (Å²) in [6.07, 6.45) is 2.54. The van der Waals surface area contributed by atoms with E-state index in [1.54, 1.807) is 13.4 Å². The van der Waals surface area contributed by atoms with Gasteiger partial charge >= 0.3 is 5.97 Å². The summed E-state index contributed by atoms with van der Waals surface area (Å²) >= 11 is 0. The molecule has 0 bridgehead atoms. The molecule has 0 saturated heterocycles. The molecule has 6 nitrogen and oxygen atoms in total. The lowest BCUT2D eigenvalue weighted by Gasteiger charge is -2.36. The number of rotatable bonds is 4. The monoisotopic (exact) mass is 393 g/mol. The lowest BCUT2D eigenvalue weighted by atomic mass is 9.70. The fourth-order valence-corrected chi connectivity index (χ4v) is 4.41. The Balaban J connectivity index is 1.83. The molecule has 1 aromatic heterocycles. The minimum absolute atomic E-state index is 0.00868. The third-order valence-corrected chi connectivity index (χ3v) is 5.74. The number of hydrogen-bond acceptors (Lipinski definition) is 6. The molecule has 1 aliphatic carbocycles. The first-order valence-corrected chi connectivity index (χ1v) is 9.60. The summed E-state index contributed by atoms with van der Waals surface area (Å²) in [5.41, 5.74) is 2.82. The van der Waals surface area contributed by atoms with Gasteiger partial charge in [-0.2, -0.15) is 0 Å². The molecule has 4 rings (SSSR count). The number of carbonyl (C=O) groups is 2. The van der Waals surface area contributed by atoms with Crippen molar-refractivity contribution in [1.29, 1.82) is 0 Å². The van der Waals surface area contributed by atoms with Crippen molar-refractivity contribution in [3.63, 3.8) is 0 Å². The Labute approximate surface area is 169 Å². The van der Waals surface area contributed by atoms with Gasteiger partial charge in [-0.15, -0.1) is 0 Å². The maximum atomic E-state index is 13.3. The number of furan rings is 1.